The minimum absolute atomic E-state index is 0.931. The van der Waals surface area contributed by atoms with Gasteiger partial charge in [-0.3, -0.25) is 0 Å². The molecule has 3 heteroatoms. The van der Waals surface area contributed by atoms with Crippen LogP contribution in [0.5, 0.6) is 0 Å². The number of aromatic nitrogens is 1. The van der Waals surface area contributed by atoms with Gasteiger partial charge in [0.25, 0.3) is 0 Å². The molecular formula is C9H14N2S. The standard InChI is InChI=1S/C9H14N2S/c1-3-5-6-10-9-11-8(4-2)7-12-9/h3,7H,1,4-6H2,2H3,(H,10,11). The van der Waals surface area contributed by atoms with E-state index in [-0.39, 0.29) is 0 Å². The molecule has 0 aliphatic carbocycles. The summed E-state index contributed by atoms with van der Waals surface area (Å²) in [7, 11) is 0. The molecule has 0 aliphatic rings. The quantitative estimate of drug-likeness (QED) is 0.559. The van der Waals surface area contributed by atoms with Crippen molar-refractivity contribution in [3.8, 4) is 0 Å². The van der Waals surface area contributed by atoms with Gasteiger partial charge in [-0.1, -0.05) is 13.0 Å². The van der Waals surface area contributed by atoms with Gasteiger partial charge in [0, 0.05) is 11.9 Å². The smallest absolute Gasteiger partial charge is 0.182 e. The van der Waals surface area contributed by atoms with E-state index in [1.807, 2.05) is 6.08 Å². The van der Waals surface area contributed by atoms with E-state index in [1.54, 1.807) is 11.3 Å². The van der Waals surface area contributed by atoms with Crippen molar-refractivity contribution in [1.82, 2.24) is 4.98 Å². The molecule has 1 aromatic heterocycles. The molecule has 0 atom stereocenters. The van der Waals surface area contributed by atoms with Gasteiger partial charge in [-0.15, -0.1) is 17.9 Å². The summed E-state index contributed by atoms with van der Waals surface area (Å²) < 4.78 is 0. The third kappa shape index (κ3) is 2.66. The van der Waals surface area contributed by atoms with Crippen molar-refractivity contribution in [2.75, 3.05) is 11.9 Å². The zero-order valence-corrected chi connectivity index (χ0v) is 8.16. The Balaban J connectivity index is 2.36. The van der Waals surface area contributed by atoms with E-state index in [0.717, 1.165) is 24.5 Å². The van der Waals surface area contributed by atoms with Crippen molar-refractivity contribution >= 4 is 16.5 Å². The summed E-state index contributed by atoms with van der Waals surface area (Å²) in [5.74, 6) is 0. The fourth-order valence-electron chi connectivity index (χ4n) is 0.832. The Kier molecular flexibility index (Phi) is 3.80. The van der Waals surface area contributed by atoms with Crippen molar-refractivity contribution in [3.63, 3.8) is 0 Å². The first-order chi connectivity index (χ1) is 5.86. The second kappa shape index (κ2) is 4.93. The maximum Gasteiger partial charge on any atom is 0.182 e. The third-order valence-electron chi connectivity index (χ3n) is 1.54. The monoisotopic (exact) mass is 182 g/mol. The van der Waals surface area contributed by atoms with E-state index >= 15 is 0 Å². The molecule has 0 saturated carbocycles. The summed E-state index contributed by atoms with van der Waals surface area (Å²) in [6.07, 6.45) is 3.90. The van der Waals surface area contributed by atoms with Crippen LogP contribution in [0.4, 0.5) is 5.13 Å². The largest absolute Gasteiger partial charge is 0.361 e. The molecule has 1 aromatic rings. The maximum absolute atomic E-state index is 4.37. The predicted molar refractivity (Wildman–Crippen MR) is 54.8 cm³/mol. The topological polar surface area (TPSA) is 24.9 Å². The molecule has 0 spiro atoms. The van der Waals surface area contributed by atoms with Crippen molar-refractivity contribution in [3.05, 3.63) is 23.7 Å². The van der Waals surface area contributed by atoms with Gasteiger partial charge in [0.2, 0.25) is 0 Å². The van der Waals surface area contributed by atoms with Crippen LogP contribution in [-0.2, 0) is 6.42 Å². The van der Waals surface area contributed by atoms with Crippen molar-refractivity contribution in [2.45, 2.75) is 19.8 Å². The number of hydrogen-bond donors (Lipinski definition) is 1. The first-order valence-corrected chi connectivity index (χ1v) is 5.04. The second-order valence-corrected chi connectivity index (χ2v) is 3.36. The minimum Gasteiger partial charge on any atom is -0.361 e. The SMILES string of the molecule is C=CCCNc1nc(CC)cs1. The molecule has 66 valence electrons. The zero-order valence-electron chi connectivity index (χ0n) is 7.34. The maximum atomic E-state index is 4.37. The number of nitrogens with one attached hydrogen (secondary N) is 1. The lowest BCUT2D eigenvalue weighted by molar-refractivity contribution is 1.03. The molecular weight excluding hydrogens is 168 g/mol. The highest BCUT2D eigenvalue weighted by Crippen LogP contribution is 2.15. The van der Waals surface area contributed by atoms with Crippen LogP contribution < -0.4 is 5.32 Å². The first kappa shape index (κ1) is 9.26. The third-order valence-corrected chi connectivity index (χ3v) is 2.39. The molecule has 1 N–H and O–H groups in total. The van der Waals surface area contributed by atoms with Crippen LogP contribution in [0.3, 0.4) is 0 Å². The van der Waals surface area contributed by atoms with Crippen molar-refractivity contribution in [1.29, 1.82) is 0 Å². The van der Waals surface area contributed by atoms with Gasteiger partial charge < -0.3 is 5.32 Å². The fourth-order valence-corrected chi connectivity index (χ4v) is 1.65. The fraction of sp³-hybridized carbons (Fsp3) is 0.444. The highest BCUT2D eigenvalue weighted by atomic mass is 32.1. The predicted octanol–water partition coefficient (Wildman–Crippen LogP) is 2.69. The summed E-state index contributed by atoms with van der Waals surface area (Å²) in [4.78, 5) is 4.37. The molecule has 2 nitrogen and oxygen atoms in total. The van der Waals surface area contributed by atoms with E-state index in [2.05, 4.69) is 29.2 Å². The summed E-state index contributed by atoms with van der Waals surface area (Å²) in [5, 5.41) is 6.35. The Labute approximate surface area is 77.3 Å². The Bertz CT molecular complexity index is 242. The lowest BCUT2D eigenvalue weighted by Crippen LogP contribution is -1.99. The molecule has 1 heterocycles. The molecule has 0 saturated heterocycles. The molecule has 12 heavy (non-hydrogen) atoms. The van der Waals surface area contributed by atoms with Crippen LogP contribution in [0, 0.1) is 0 Å². The lowest BCUT2D eigenvalue weighted by Gasteiger charge is -1.97. The Hall–Kier alpha value is -0.830. The molecule has 1 rings (SSSR count). The minimum atomic E-state index is 0.931. The highest BCUT2D eigenvalue weighted by Gasteiger charge is 1.97. The molecule has 0 aromatic carbocycles. The Morgan fingerprint density at radius 2 is 2.58 bits per heavy atom. The van der Waals surface area contributed by atoms with Gasteiger partial charge in [0.05, 0.1) is 5.69 Å². The molecule has 0 amide bonds. The van der Waals surface area contributed by atoms with Gasteiger partial charge in [-0.05, 0) is 12.8 Å². The summed E-state index contributed by atoms with van der Waals surface area (Å²) in [5.41, 5.74) is 1.17. The van der Waals surface area contributed by atoms with E-state index in [9.17, 15) is 0 Å². The molecule has 0 radical (unpaired) electrons. The van der Waals surface area contributed by atoms with Gasteiger partial charge in [-0.2, -0.15) is 0 Å². The summed E-state index contributed by atoms with van der Waals surface area (Å²) in [6, 6.07) is 0. The highest BCUT2D eigenvalue weighted by molar-refractivity contribution is 7.13. The van der Waals surface area contributed by atoms with Crippen LogP contribution in [0.15, 0.2) is 18.0 Å². The second-order valence-electron chi connectivity index (χ2n) is 2.50. The van der Waals surface area contributed by atoms with Crippen LogP contribution in [0.25, 0.3) is 0 Å². The first-order valence-electron chi connectivity index (χ1n) is 4.16. The number of rotatable bonds is 5. The van der Waals surface area contributed by atoms with E-state index in [4.69, 9.17) is 0 Å². The number of aryl methyl sites for hydroxylation is 1. The lowest BCUT2D eigenvalue weighted by atomic mass is 10.4. The molecule has 0 fully saturated rings. The summed E-state index contributed by atoms with van der Waals surface area (Å²) in [6.45, 7) is 6.70. The van der Waals surface area contributed by atoms with Crippen molar-refractivity contribution < 1.29 is 0 Å². The molecule has 0 unspecified atom stereocenters. The van der Waals surface area contributed by atoms with Gasteiger partial charge >= 0.3 is 0 Å². The summed E-state index contributed by atoms with van der Waals surface area (Å²) >= 11 is 1.67. The average molecular weight is 182 g/mol. The van der Waals surface area contributed by atoms with Gasteiger partial charge in [0.15, 0.2) is 5.13 Å². The normalized spacial score (nSPS) is 9.75. The van der Waals surface area contributed by atoms with E-state index < -0.39 is 0 Å². The van der Waals surface area contributed by atoms with E-state index in [1.165, 1.54) is 5.69 Å². The Morgan fingerprint density at radius 1 is 1.75 bits per heavy atom. The van der Waals surface area contributed by atoms with Gasteiger partial charge in [-0.25, -0.2) is 4.98 Å². The number of nitrogens with zero attached hydrogens (tertiary/aromatic N) is 1. The number of thiazole rings is 1. The van der Waals surface area contributed by atoms with Gasteiger partial charge in [0.1, 0.15) is 0 Å². The number of anilines is 1. The Morgan fingerprint density at radius 3 is 3.17 bits per heavy atom. The van der Waals surface area contributed by atoms with E-state index in [0.29, 0.717) is 0 Å². The van der Waals surface area contributed by atoms with Crippen LogP contribution in [0.2, 0.25) is 0 Å². The molecule has 0 aliphatic heterocycles. The van der Waals surface area contributed by atoms with Crippen molar-refractivity contribution in [2.24, 2.45) is 0 Å². The van der Waals surface area contributed by atoms with Crippen LogP contribution in [-0.4, -0.2) is 11.5 Å². The average Bonchev–Trinajstić information content (AvgIpc) is 2.53. The zero-order chi connectivity index (χ0) is 8.81. The van der Waals surface area contributed by atoms with Crippen LogP contribution >= 0.6 is 11.3 Å². The molecule has 0 bridgehead atoms. The number of hydrogen-bond acceptors (Lipinski definition) is 3. The van der Waals surface area contributed by atoms with Crippen LogP contribution in [0.1, 0.15) is 19.0 Å².